The van der Waals surface area contributed by atoms with Gasteiger partial charge in [0.05, 0.1) is 29.4 Å². The first-order chi connectivity index (χ1) is 15.5. The van der Waals surface area contributed by atoms with Crippen LogP contribution in [0.25, 0.3) is 11.0 Å². The maximum absolute atomic E-state index is 13.7. The number of nitrogens with one attached hydrogen (secondary N) is 2. The Labute approximate surface area is 191 Å². The Hall–Kier alpha value is -3.21. The molecule has 2 N–H and O–H groups in total. The number of hydrogen-bond acceptors (Lipinski definition) is 7. The smallest absolute Gasteiger partial charge is 0.319 e. The van der Waals surface area contributed by atoms with E-state index in [1.807, 2.05) is 20.8 Å². The van der Waals surface area contributed by atoms with E-state index < -0.39 is 27.2 Å². The number of carbonyl (C=O) groups is 1. The number of sulfone groups is 1. The summed E-state index contributed by atoms with van der Waals surface area (Å²) in [7, 11) is -3.08. The van der Waals surface area contributed by atoms with E-state index in [1.54, 1.807) is 11.0 Å². The van der Waals surface area contributed by atoms with Crippen molar-refractivity contribution in [3.63, 3.8) is 0 Å². The summed E-state index contributed by atoms with van der Waals surface area (Å²) in [6.45, 7) is 6.44. The average molecular weight is 476 g/mol. The zero-order valence-electron chi connectivity index (χ0n) is 18.8. The third-order valence-corrected chi connectivity index (χ3v) is 7.31. The van der Waals surface area contributed by atoms with Crippen molar-refractivity contribution in [2.24, 2.45) is 5.92 Å². The summed E-state index contributed by atoms with van der Waals surface area (Å²) in [6.07, 6.45) is 4.15. The molecule has 1 aromatic carbocycles. The van der Waals surface area contributed by atoms with Gasteiger partial charge in [-0.2, -0.15) is 0 Å². The Balaban J connectivity index is 1.42. The summed E-state index contributed by atoms with van der Waals surface area (Å²) in [6, 6.07) is 3.44. The third kappa shape index (κ3) is 4.77. The van der Waals surface area contributed by atoms with Gasteiger partial charge in [0.15, 0.2) is 9.84 Å². The van der Waals surface area contributed by atoms with Gasteiger partial charge in [-0.1, -0.05) is 13.8 Å². The van der Waals surface area contributed by atoms with Crippen molar-refractivity contribution in [1.29, 1.82) is 0 Å². The molecule has 0 radical (unpaired) electrons. The Morgan fingerprint density at radius 2 is 1.91 bits per heavy atom. The lowest BCUT2D eigenvalue weighted by atomic mass is 9.98. The SMILES string of the molecule is Cc1c(C(NC(=O)Nc2cnc(N3CC(S(C)(=O)=O)C3)nc2)C(C)C)oc2ccc(F)cc12. The zero-order chi connectivity index (χ0) is 23.9. The van der Waals surface area contributed by atoms with Crippen LogP contribution in [0.3, 0.4) is 0 Å². The number of aryl methyl sites for hydroxylation is 1. The molecule has 1 aliphatic rings. The van der Waals surface area contributed by atoms with Crippen molar-refractivity contribution < 1.29 is 22.0 Å². The van der Waals surface area contributed by atoms with Gasteiger partial charge in [-0.25, -0.2) is 27.6 Å². The highest BCUT2D eigenvalue weighted by Crippen LogP contribution is 2.33. The van der Waals surface area contributed by atoms with E-state index in [-0.39, 0.29) is 11.7 Å². The van der Waals surface area contributed by atoms with Crippen LogP contribution in [0.4, 0.5) is 20.8 Å². The van der Waals surface area contributed by atoms with Crippen LogP contribution in [-0.4, -0.2) is 49.0 Å². The van der Waals surface area contributed by atoms with Crippen LogP contribution in [0, 0.1) is 18.7 Å². The number of halogens is 1. The molecule has 1 fully saturated rings. The fourth-order valence-corrected chi connectivity index (χ4v) is 4.67. The predicted octanol–water partition coefficient (Wildman–Crippen LogP) is 3.42. The summed E-state index contributed by atoms with van der Waals surface area (Å²) >= 11 is 0. The van der Waals surface area contributed by atoms with Crippen LogP contribution < -0.4 is 15.5 Å². The summed E-state index contributed by atoms with van der Waals surface area (Å²) in [5.74, 6) is 0.641. The molecular weight excluding hydrogens is 449 g/mol. The summed E-state index contributed by atoms with van der Waals surface area (Å²) in [5, 5.41) is 5.88. The van der Waals surface area contributed by atoms with Gasteiger partial charge < -0.3 is 20.0 Å². The second-order valence-corrected chi connectivity index (χ2v) is 11.0. The number of amides is 2. The van der Waals surface area contributed by atoms with E-state index in [9.17, 15) is 17.6 Å². The number of furan rings is 1. The number of aromatic nitrogens is 2. The van der Waals surface area contributed by atoms with Crippen molar-refractivity contribution in [3.05, 3.63) is 47.7 Å². The molecule has 1 aliphatic heterocycles. The maximum Gasteiger partial charge on any atom is 0.319 e. The normalized spacial score (nSPS) is 15.5. The number of rotatable bonds is 6. The molecule has 2 amide bonds. The molecule has 2 aromatic heterocycles. The number of hydrogen-bond donors (Lipinski definition) is 2. The highest BCUT2D eigenvalue weighted by atomic mass is 32.2. The monoisotopic (exact) mass is 475 g/mol. The highest BCUT2D eigenvalue weighted by molar-refractivity contribution is 7.91. The van der Waals surface area contributed by atoms with E-state index in [4.69, 9.17) is 4.42 Å². The van der Waals surface area contributed by atoms with Crippen molar-refractivity contribution in [2.75, 3.05) is 29.6 Å². The molecule has 9 nitrogen and oxygen atoms in total. The predicted molar refractivity (Wildman–Crippen MR) is 124 cm³/mol. The second kappa shape index (κ2) is 8.62. The Bertz CT molecular complexity index is 1280. The van der Waals surface area contributed by atoms with Crippen LogP contribution in [-0.2, 0) is 9.84 Å². The highest BCUT2D eigenvalue weighted by Gasteiger charge is 2.35. The van der Waals surface area contributed by atoms with Gasteiger partial charge in [0.1, 0.15) is 17.2 Å². The quantitative estimate of drug-likeness (QED) is 0.561. The molecule has 11 heteroatoms. The lowest BCUT2D eigenvalue weighted by molar-refractivity contribution is 0.241. The lowest BCUT2D eigenvalue weighted by Gasteiger charge is -2.37. The molecule has 1 atom stereocenters. The van der Waals surface area contributed by atoms with Gasteiger partial charge in [0, 0.05) is 30.3 Å². The standard InChI is InChI=1S/C22H26FN5O4S/c1-12(2)19(20-13(3)17-7-14(23)5-6-18(17)32-20)27-22(29)26-15-8-24-21(25-9-15)28-10-16(11-28)33(4,30)31/h5-9,12,16,19H,10-11H2,1-4H3,(H2,26,27,29). The van der Waals surface area contributed by atoms with Gasteiger partial charge in [-0.15, -0.1) is 0 Å². The largest absolute Gasteiger partial charge is 0.459 e. The number of fused-ring (bicyclic) bond motifs is 1. The fraction of sp³-hybridized carbons (Fsp3) is 0.409. The molecular formula is C22H26FN5O4S. The molecule has 0 aliphatic carbocycles. The molecule has 3 aromatic rings. The van der Waals surface area contributed by atoms with Crippen molar-refractivity contribution >= 4 is 38.5 Å². The van der Waals surface area contributed by atoms with E-state index in [0.29, 0.717) is 41.5 Å². The van der Waals surface area contributed by atoms with E-state index >= 15 is 0 Å². The second-order valence-electron chi connectivity index (χ2n) is 8.68. The van der Waals surface area contributed by atoms with Crippen LogP contribution >= 0.6 is 0 Å². The minimum absolute atomic E-state index is 0.00712. The van der Waals surface area contributed by atoms with Crippen LogP contribution in [0.15, 0.2) is 35.0 Å². The number of nitrogens with zero attached hydrogens (tertiary/aromatic N) is 3. The van der Waals surface area contributed by atoms with E-state index in [0.717, 1.165) is 5.56 Å². The van der Waals surface area contributed by atoms with Crippen molar-refractivity contribution in [1.82, 2.24) is 15.3 Å². The number of benzene rings is 1. The van der Waals surface area contributed by atoms with Crippen molar-refractivity contribution in [3.8, 4) is 0 Å². The molecule has 0 spiro atoms. The first-order valence-corrected chi connectivity index (χ1v) is 12.5. The molecule has 0 saturated carbocycles. The molecule has 0 bridgehead atoms. The molecule has 4 rings (SSSR count). The first kappa shape index (κ1) is 23.0. The van der Waals surface area contributed by atoms with Gasteiger partial charge in [0.2, 0.25) is 5.95 Å². The number of urea groups is 1. The molecule has 33 heavy (non-hydrogen) atoms. The molecule has 3 heterocycles. The summed E-state index contributed by atoms with van der Waals surface area (Å²) in [4.78, 5) is 22.9. The minimum Gasteiger partial charge on any atom is -0.459 e. The first-order valence-electron chi connectivity index (χ1n) is 10.5. The number of anilines is 2. The van der Waals surface area contributed by atoms with Crippen molar-refractivity contribution in [2.45, 2.75) is 32.1 Å². The van der Waals surface area contributed by atoms with Gasteiger partial charge in [-0.05, 0) is 31.0 Å². The molecule has 1 saturated heterocycles. The molecule has 1 unspecified atom stereocenters. The van der Waals surface area contributed by atoms with Crippen LogP contribution in [0.2, 0.25) is 0 Å². The van der Waals surface area contributed by atoms with Gasteiger partial charge >= 0.3 is 6.03 Å². The number of carbonyl (C=O) groups excluding carboxylic acids is 1. The van der Waals surface area contributed by atoms with E-state index in [1.165, 1.54) is 30.8 Å². The zero-order valence-corrected chi connectivity index (χ0v) is 19.6. The maximum atomic E-state index is 13.7. The van der Waals surface area contributed by atoms with Crippen LogP contribution in [0.1, 0.15) is 31.2 Å². The Morgan fingerprint density at radius 1 is 1.24 bits per heavy atom. The third-order valence-electron chi connectivity index (χ3n) is 5.80. The van der Waals surface area contributed by atoms with Gasteiger partial charge in [0.25, 0.3) is 0 Å². The Morgan fingerprint density at radius 3 is 2.52 bits per heavy atom. The fourth-order valence-electron chi connectivity index (χ4n) is 3.77. The lowest BCUT2D eigenvalue weighted by Crippen LogP contribution is -2.55. The van der Waals surface area contributed by atoms with Crippen LogP contribution in [0.5, 0.6) is 0 Å². The summed E-state index contributed by atoms with van der Waals surface area (Å²) in [5.41, 5.74) is 1.73. The van der Waals surface area contributed by atoms with Gasteiger partial charge in [-0.3, -0.25) is 0 Å². The molecule has 176 valence electrons. The minimum atomic E-state index is -3.08. The topological polar surface area (TPSA) is 117 Å². The van der Waals surface area contributed by atoms with E-state index in [2.05, 4.69) is 20.6 Å². The average Bonchev–Trinajstić information content (AvgIpc) is 3.01. The Kier molecular flexibility index (Phi) is 6.00. The summed E-state index contributed by atoms with van der Waals surface area (Å²) < 4.78 is 42.7.